The third-order valence-electron chi connectivity index (χ3n) is 2.08. The Balaban J connectivity index is 3.13. The van der Waals surface area contributed by atoms with E-state index in [4.69, 9.17) is 0 Å². The lowest BCUT2D eigenvalue weighted by Gasteiger charge is -2.29. The summed E-state index contributed by atoms with van der Waals surface area (Å²) in [5.74, 6) is 0. The average molecular weight is 205 g/mol. The summed E-state index contributed by atoms with van der Waals surface area (Å²) >= 11 is 0. The van der Waals surface area contributed by atoms with Crippen LogP contribution in [0.1, 0.15) is 20.8 Å². The number of nitrogens with zero attached hydrogens (tertiary/aromatic N) is 1. The minimum Gasteiger partial charge on any atom is -0.386 e. The summed E-state index contributed by atoms with van der Waals surface area (Å²) in [5.41, 5.74) is -0.501. The Hall–Kier alpha value is -0.390. The number of aliphatic hydroxyl groups excluding tert-OH is 1. The molecule has 1 rings (SSSR count). The van der Waals surface area contributed by atoms with Gasteiger partial charge in [-0.15, -0.1) is 0 Å². The van der Waals surface area contributed by atoms with E-state index in [0.29, 0.717) is 0 Å². The molecule has 1 atom stereocenters. The fourth-order valence-electron chi connectivity index (χ4n) is 1.30. The second kappa shape index (κ2) is 2.80. The molecule has 0 unspecified atom stereocenters. The van der Waals surface area contributed by atoms with E-state index >= 15 is 0 Å². The fraction of sp³-hybridized carbons (Fsp3) is 0.750. The second-order valence-corrected chi connectivity index (χ2v) is 6.10. The lowest BCUT2D eigenvalue weighted by molar-refractivity contribution is 0.165. The van der Waals surface area contributed by atoms with Gasteiger partial charge in [0.2, 0.25) is 10.0 Å². The molecule has 5 heteroatoms. The third-order valence-corrected chi connectivity index (χ3v) is 4.29. The van der Waals surface area contributed by atoms with Crippen LogP contribution in [0.3, 0.4) is 0 Å². The van der Waals surface area contributed by atoms with Gasteiger partial charge in [-0.1, -0.05) is 6.58 Å². The van der Waals surface area contributed by atoms with Gasteiger partial charge in [0.25, 0.3) is 0 Å². The summed E-state index contributed by atoms with van der Waals surface area (Å²) in [4.78, 5) is -0.0950. The van der Waals surface area contributed by atoms with Gasteiger partial charge in [0, 0.05) is 12.1 Å². The molecule has 0 aromatic carbocycles. The summed E-state index contributed by atoms with van der Waals surface area (Å²) in [6.45, 7) is 8.85. The molecule has 1 aliphatic heterocycles. The minimum absolute atomic E-state index is 0.0950. The number of aliphatic hydroxyl groups is 1. The van der Waals surface area contributed by atoms with Crippen molar-refractivity contribution in [1.82, 2.24) is 4.31 Å². The lowest BCUT2D eigenvalue weighted by atomic mass is 10.1. The maximum absolute atomic E-state index is 11.6. The molecule has 0 radical (unpaired) electrons. The van der Waals surface area contributed by atoms with Crippen LogP contribution in [-0.4, -0.2) is 36.0 Å². The van der Waals surface area contributed by atoms with Crippen molar-refractivity contribution in [3.05, 3.63) is 11.5 Å². The van der Waals surface area contributed by atoms with Crippen LogP contribution in [0, 0.1) is 0 Å². The topological polar surface area (TPSA) is 57.6 Å². The SMILES string of the molecule is C=C1[C@@H](O)CN(C(C)(C)C)S1(=O)=O. The Morgan fingerprint density at radius 2 is 2.00 bits per heavy atom. The molecule has 0 amide bonds. The van der Waals surface area contributed by atoms with Crippen LogP contribution < -0.4 is 0 Å². The van der Waals surface area contributed by atoms with E-state index in [0.717, 1.165) is 0 Å². The van der Waals surface area contributed by atoms with Crippen LogP contribution in [0.5, 0.6) is 0 Å². The summed E-state index contributed by atoms with van der Waals surface area (Å²) in [7, 11) is -3.48. The molecule has 1 fully saturated rings. The van der Waals surface area contributed by atoms with E-state index in [1.54, 1.807) is 20.8 Å². The van der Waals surface area contributed by atoms with Crippen molar-refractivity contribution in [2.24, 2.45) is 0 Å². The predicted molar refractivity (Wildman–Crippen MR) is 50.5 cm³/mol. The van der Waals surface area contributed by atoms with Crippen LogP contribution in [0.25, 0.3) is 0 Å². The minimum atomic E-state index is -3.48. The standard InChI is InChI=1S/C8H15NO3S/c1-6-7(10)5-9(8(2,3)4)13(6,11)12/h7,10H,1,5H2,2-4H3/t7-/m0/s1. The highest BCUT2D eigenvalue weighted by Gasteiger charge is 2.44. The van der Waals surface area contributed by atoms with Gasteiger partial charge in [-0.05, 0) is 20.8 Å². The number of hydrogen-bond acceptors (Lipinski definition) is 3. The van der Waals surface area contributed by atoms with Gasteiger partial charge in [-0.3, -0.25) is 0 Å². The van der Waals surface area contributed by atoms with Crippen molar-refractivity contribution in [3.63, 3.8) is 0 Å². The van der Waals surface area contributed by atoms with Gasteiger partial charge in [0.1, 0.15) is 6.10 Å². The van der Waals surface area contributed by atoms with Gasteiger partial charge in [-0.25, -0.2) is 8.42 Å². The van der Waals surface area contributed by atoms with Crippen LogP contribution >= 0.6 is 0 Å². The molecular weight excluding hydrogens is 190 g/mol. The maximum atomic E-state index is 11.6. The zero-order valence-corrected chi connectivity index (χ0v) is 8.93. The number of rotatable bonds is 0. The Kier molecular flexibility index (Phi) is 2.30. The molecule has 0 aromatic rings. The van der Waals surface area contributed by atoms with Crippen molar-refractivity contribution in [3.8, 4) is 0 Å². The highest BCUT2D eigenvalue weighted by Crippen LogP contribution is 2.31. The largest absolute Gasteiger partial charge is 0.386 e. The Morgan fingerprint density at radius 3 is 2.15 bits per heavy atom. The van der Waals surface area contributed by atoms with Gasteiger partial charge >= 0.3 is 0 Å². The normalized spacial score (nSPS) is 29.5. The van der Waals surface area contributed by atoms with Crippen molar-refractivity contribution < 1.29 is 13.5 Å². The first kappa shape index (κ1) is 10.7. The molecule has 1 aliphatic rings. The molecule has 0 bridgehead atoms. The molecule has 0 aromatic heterocycles. The maximum Gasteiger partial charge on any atom is 0.241 e. The first-order valence-electron chi connectivity index (χ1n) is 4.07. The molecule has 1 N–H and O–H groups in total. The molecule has 0 spiro atoms. The smallest absolute Gasteiger partial charge is 0.241 e. The Morgan fingerprint density at radius 1 is 1.54 bits per heavy atom. The average Bonchev–Trinajstić information content (AvgIpc) is 2.12. The quantitative estimate of drug-likeness (QED) is 0.619. The monoisotopic (exact) mass is 205 g/mol. The first-order valence-corrected chi connectivity index (χ1v) is 5.51. The molecule has 4 nitrogen and oxygen atoms in total. The number of β-amino-alcohol motifs (C(OH)–C–C–N with tert-alkyl or cyclic N) is 1. The van der Waals surface area contributed by atoms with Crippen molar-refractivity contribution in [2.45, 2.75) is 32.4 Å². The van der Waals surface area contributed by atoms with Crippen molar-refractivity contribution >= 4 is 10.0 Å². The summed E-state index contributed by atoms with van der Waals surface area (Å²) < 4.78 is 24.5. The van der Waals surface area contributed by atoms with E-state index in [2.05, 4.69) is 6.58 Å². The van der Waals surface area contributed by atoms with E-state index in [1.807, 2.05) is 0 Å². The van der Waals surface area contributed by atoms with Crippen LogP contribution in [0.2, 0.25) is 0 Å². The molecule has 76 valence electrons. The summed E-state index contributed by atoms with van der Waals surface area (Å²) in [5, 5.41) is 9.35. The molecule has 1 saturated heterocycles. The zero-order valence-electron chi connectivity index (χ0n) is 8.11. The fourth-order valence-corrected chi connectivity index (χ4v) is 3.06. The summed E-state index contributed by atoms with van der Waals surface area (Å²) in [6.07, 6.45) is -0.954. The van der Waals surface area contributed by atoms with E-state index < -0.39 is 21.7 Å². The van der Waals surface area contributed by atoms with E-state index in [-0.39, 0.29) is 11.4 Å². The highest BCUT2D eigenvalue weighted by molar-refractivity contribution is 7.93. The second-order valence-electron chi connectivity index (χ2n) is 4.19. The Bertz CT molecular complexity index is 326. The number of sulfonamides is 1. The van der Waals surface area contributed by atoms with Gasteiger partial charge in [0.05, 0.1) is 4.91 Å². The predicted octanol–water partition coefficient (Wildman–Crippen LogP) is 0.305. The first-order chi connectivity index (χ1) is 5.67. The van der Waals surface area contributed by atoms with Gasteiger partial charge in [-0.2, -0.15) is 4.31 Å². The van der Waals surface area contributed by atoms with Gasteiger partial charge in [0.15, 0.2) is 0 Å². The van der Waals surface area contributed by atoms with E-state index in [1.165, 1.54) is 4.31 Å². The molecular formula is C8H15NO3S. The van der Waals surface area contributed by atoms with Gasteiger partial charge < -0.3 is 5.11 Å². The zero-order chi connectivity index (χ0) is 10.4. The lowest BCUT2D eigenvalue weighted by Crippen LogP contribution is -2.42. The van der Waals surface area contributed by atoms with Crippen molar-refractivity contribution in [2.75, 3.05) is 6.54 Å². The molecule has 0 aliphatic carbocycles. The third kappa shape index (κ3) is 1.63. The molecule has 0 saturated carbocycles. The molecule has 13 heavy (non-hydrogen) atoms. The highest BCUT2D eigenvalue weighted by atomic mass is 32.2. The Labute approximate surface area is 78.9 Å². The van der Waals surface area contributed by atoms with Crippen LogP contribution in [0.4, 0.5) is 0 Å². The summed E-state index contributed by atoms with van der Waals surface area (Å²) in [6, 6.07) is 0. The molecule has 1 heterocycles. The van der Waals surface area contributed by atoms with Crippen LogP contribution in [0.15, 0.2) is 11.5 Å². The van der Waals surface area contributed by atoms with Crippen LogP contribution in [-0.2, 0) is 10.0 Å². The van der Waals surface area contributed by atoms with E-state index in [9.17, 15) is 13.5 Å². The number of hydrogen-bond donors (Lipinski definition) is 1. The van der Waals surface area contributed by atoms with Crippen molar-refractivity contribution in [1.29, 1.82) is 0 Å².